The van der Waals surface area contributed by atoms with Gasteiger partial charge >= 0.3 is 0 Å². The minimum absolute atomic E-state index is 0.0332. The van der Waals surface area contributed by atoms with Gasteiger partial charge in [0.15, 0.2) is 0 Å². The fourth-order valence-corrected chi connectivity index (χ4v) is 3.34. The van der Waals surface area contributed by atoms with Gasteiger partial charge in [-0.3, -0.25) is 9.59 Å². The quantitative estimate of drug-likeness (QED) is 0.823. The van der Waals surface area contributed by atoms with Crippen molar-refractivity contribution in [1.82, 2.24) is 10.6 Å². The lowest BCUT2D eigenvalue weighted by atomic mass is 10.1. The van der Waals surface area contributed by atoms with E-state index in [-0.39, 0.29) is 18.2 Å². The summed E-state index contributed by atoms with van der Waals surface area (Å²) in [5.74, 6) is -0.109. The number of carbonyl (C=O) groups excluding carboxylic acids is 2. The molecule has 0 radical (unpaired) electrons. The predicted octanol–water partition coefficient (Wildman–Crippen LogP) is 2.79. The van der Waals surface area contributed by atoms with Crippen LogP contribution in [0.5, 0.6) is 0 Å². The molecule has 0 spiro atoms. The van der Waals surface area contributed by atoms with Crippen LogP contribution in [0.2, 0.25) is 10.0 Å². The van der Waals surface area contributed by atoms with Crippen LogP contribution >= 0.6 is 23.2 Å². The molecule has 0 aliphatic carbocycles. The Kier molecular flexibility index (Phi) is 6.01. The van der Waals surface area contributed by atoms with E-state index in [4.69, 9.17) is 23.2 Å². The number of amides is 2. The summed E-state index contributed by atoms with van der Waals surface area (Å²) < 4.78 is 0. The summed E-state index contributed by atoms with van der Waals surface area (Å²) in [6, 6.07) is 13.0. The van der Waals surface area contributed by atoms with Gasteiger partial charge in [-0.25, -0.2) is 0 Å². The lowest BCUT2D eigenvalue weighted by Gasteiger charge is -2.28. The van der Waals surface area contributed by atoms with E-state index < -0.39 is 0 Å². The van der Waals surface area contributed by atoms with Crippen LogP contribution in [-0.2, 0) is 22.6 Å². The Hall–Kier alpha value is -2.24. The van der Waals surface area contributed by atoms with Crippen molar-refractivity contribution in [1.29, 1.82) is 0 Å². The molecule has 0 saturated carbocycles. The van der Waals surface area contributed by atoms with Crippen LogP contribution in [-0.4, -0.2) is 31.4 Å². The Balaban J connectivity index is 1.54. The van der Waals surface area contributed by atoms with Crippen molar-refractivity contribution in [3.63, 3.8) is 0 Å². The second kappa shape index (κ2) is 8.43. The van der Waals surface area contributed by atoms with Gasteiger partial charge in [-0.05, 0) is 35.4 Å². The molecular weight excluding hydrogens is 373 g/mol. The van der Waals surface area contributed by atoms with E-state index >= 15 is 0 Å². The summed E-state index contributed by atoms with van der Waals surface area (Å²) in [5, 5.41) is 6.66. The molecule has 3 rings (SSSR count). The zero-order chi connectivity index (χ0) is 18.5. The molecule has 136 valence electrons. The summed E-state index contributed by atoms with van der Waals surface area (Å²) in [6.07, 6.45) is 0.138. The van der Waals surface area contributed by atoms with Crippen molar-refractivity contribution < 1.29 is 9.59 Å². The van der Waals surface area contributed by atoms with Crippen molar-refractivity contribution in [2.45, 2.75) is 13.0 Å². The number of benzene rings is 2. The van der Waals surface area contributed by atoms with Crippen LogP contribution in [0.3, 0.4) is 0 Å². The molecule has 0 unspecified atom stereocenters. The SMILES string of the molecule is O=C(Cc1c(Cl)cccc1Cl)NCc1ccc(N2CCNC(=O)C2)cc1. The Bertz CT molecular complexity index is 789. The van der Waals surface area contributed by atoms with Crippen molar-refractivity contribution in [3.05, 3.63) is 63.6 Å². The molecule has 2 amide bonds. The number of carbonyl (C=O) groups is 2. The van der Waals surface area contributed by atoms with Crippen molar-refractivity contribution >= 4 is 40.7 Å². The molecule has 1 fully saturated rings. The third-order valence-electron chi connectivity index (χ3n) is 4.23. The third-order valence-corrected chi connectivity index (χ3v) is 4.94. The number of anilines is 1. The summed E-state index contributed by atoms with van der Waals surface area (Å²) in [7, 11) is 0. The average molecular weight is 392 g/mol. The molecule has 1 aliphatic heterocycles. The minimum Gasteiger partial charge on any atom is -0.360 e. The summed E-state index contributed by atoms with van der Waals surface area (Å²) >= 11 is 12.2. The van der Waals surface area contributed by atoms with E-state index in [2.05, 4.69) is 10.6 Å². The second-order valence-electron chi connectivity index (χ2n) is 6.09. The topological polar surface area (TPSA) is 61.4 Å². The maximum absolute atomic E-state index is 12.2. The predicted molar refractivity (Wildman–Crippen MR) is 104 cm³/mol. The van der Waals surface area contributed by atoms with Gasteiger partial charge in [-0.2, -0.15) is 0 Å². The van der Waals surface area contributed by atoms with E-state index in [1.165, 1.54) is 0 Å². The van der Waals surface area contributed by atoms with Gasteiger partial charge in [0.25, 0.3) is 0 Å². The first kappa shape index (κ1) is 18.5. The van der Waals surface area contributed by atoms with Crippen LogP contribution in [0.15, 0.2) is 42.5 Å². The Morgan fingerprint density at radius 1 is 1.12 bits per heavy atom. The lowest BCUT2D eigenvalue weighted by molar-refractivity contribution is -0.121. The van der Waals surface area contributed by atoms with Crippen molar-refractivity contribution in [3.8, 4) is 0 Å². The van der Waals surface area contributed by atoms with Crippen LogP contribution in [0.25, 0.3) is 0 Å². The monoisotopic (exact) mass is 391 g/mol. The number of hydrogen-bond donors (Lipinski definition) is 2. The molecule has 0 bridgehead atoms. The van der Waals surface area contributed by atoms with E-state index in [1.54, 1.807) is 18.2 Å². The maximum Gasteiger partial charge on any atom is 0.239 e. The van der Waals surface area contributed by atoms with Gasteiger partial charge < -0.3 is 15.5 Å². The van der Waals surface area contributed by atoms with Gasteiger partial charge in [0.1, 0.15) is 0 Å². The molecule has 5 nitrogen and oxygen atoms in total. The fraction of sp³-hybridized carbons (Fsp3) is 0.263. The lowest BCUT2D eigenvalue weighted by Crippen LogP contribution is -2.47. The van der Waals surface area contributed by atoms with Gasteiger partial charge in [0, 0.05) is 35.4 Å². The zero-order valence-corrected chi connectivity index (χ0v) is 15.6. The Morgan fingerprint density at radius 2 is 1.81 bits per heavy atom. The molecule has 0 aromatic heterocycles. The first-order chi connectivity index (χ1) is 12.5. The summed E-state index contributed by atoms with van der Waals surface area (Å²) in [4.78, 5) is 25.7. The van der Waals surface area contributed by atoms with Gasteiger partial charge in [-0.1, -0.05) is 41.4 Å². The highest BCUT2D eigenvalue weighted by Crippen LogP contribution is 2.24. The third kappa shape index (κ3) is 4.68. The van der Waals surface area contributed by atoms with Gasteiger partial charge in [0.05, 0.1) is 13.0 Å². The molecule has 1 heterocycles. The zero-order valence-electron chi connectivity index (χ0n) is 14.1. The molecular formula is C19H19Cl2N3O2. The molecule has 0 atom stereocenters. The van der Waals surface area contributed by atoms with Crippen molar-refractivity contribution in [2.24, 2.45) is 0 Å². The first-order valence-electron chi connectivity index (χ1n) is 8.33. The fourth-order valence-electron chi connectivity index (χ4n) is 2.81. The van der Waals surface area contributed by atoms with Crippen molar-refractivity contribution in [2.75, 3.05) is 24.5 Å². The number of rotatable bonds is 5. The van der Waals surface area contributed by atoms with Gasteiger partial charge in [-0.15, -0.1) is 0 Å². The standard InChI is InChI=1S/C19H19Cl2N3O2/c20-16-2-1-3-17(21)15(16)10-18(25)23-11-13-4-6-14(7-5-13)24-9-8-22-19(26)12-24/h1-7H,8-12H2,(H,22,26)(H,23,25). The molecule has 7 heteroatoms. The van der Waals surface area contributed by atoms with Gasteiger partial charge in [0.2, 0.25) is 11.8 Å². The number of nitrogens with zero attached hydrogens (tertiary/aromatic N) is 1. The number of hydrogen-bond acceptors (Lipinski definition) is 3. The normalized spacial score (nSPS) is 14.1. The van der Waals surface area contributed by atoms with Crippen LogP contribution in [0, 0.1) is 0 Å². The maximum atomic E-state index is 12.2. The van der Waals surface area contributed by atoms with Crippen LogP contribution in [0.4, 0.5) is 5.69 Å². The smallest absolute Gasteiger partial charge is 0.239 e. The Labute approximate surface area is 162 Å². The largest absolute Gasteiger partial charge is 0.360 e. The number of piperazine rings is 1. The highest BCUT2D eigenvalue weighted by molar-refractivity contribution is 6.36. The molecule has 2 aromatic carbocycles. The van der Waals surface area contributed by atoms with E-state index in [0.717, 1.165) is 17.8 Å². The Morgan fingerprint density at radius 3 is 2.46 bits per heavy atom. The minimum atomic E-state index is -0.142. The first-order valence-corrected chi connectivity index (χ1v) is 9.08. The summed E-state index contributed by atoms with van der Waals surface area (Å²) in [5.41, 5.74) is 2.61. The highest BCUT2D eigenvalue weighted by Gasteiger charge is 2.16. The van der Waals surface area contributed by atoms with Crippen LogP contribution in [0.1, 0.15) is 11.1 Å². The van der Waals surface area contributed by atoms with E-state index in [9.17, 15) is 9.59 Å². The molecule has 26 heavy (non-hydrogen) atoms. The van der Waals surface area contributed by atoms with Crippen LogP contribution < -0.4 is 15.5 Å². The van der Waals surface area contributed by atoms with E-state index in [1.807, 2.05) is 29.2 Å². The van der Waals surface area contributed by atoms with E-state index in [0.29, 0.717) is 35.2 Å². The molecule has 1 aliphatic rings. The number of nitrogens with one attached hydrogen (secondary N) is 2. The summed E-state index contributed by atoms with van der Waals surface area (Å²) in [6.45, 7) is 2.23. The highest BCUT2D eigenvalue weighted by atomic mass is 35.5. The average Bonchev–Trinajstić information content (AvgIpc) is 2.64. The molecule has 1 saturated heterocycles. The molecule has 2 N–H and O–H groups in total. The number of halogens is 2. The molecule has 2 aromatic rings. The second-order valence-corrected chi connectivity index (χ2v) is 6.91.